The predicted octanol–water partition coefficient (Wildman–Crippen LogP) is 1.83. The van der Waals surface area contributed by atoms with E-state index in [0.717, 1.165) is 0 Å². The van der Waals surface area contributed by atoms with Crippen LogP contribution in [0.3, 0.4) is 0 Å². The number of halogens is 1. The van der Waals surface area contributed by atoms with Crippen molar-refractivity contribution < 1.29 is 10.2 Å². The SMILES string of the molecule is [N-]=[N+]=NCCC(O)C(O)c1cccnc1Cl. The predicted molar refractivity (Wildman–Crippen MR) is 58.8 cm³/mol. The Kier molecular flexibility index (Phi) is 5.01. The zero-order valence-corrected chi connectivity index (χ0v) is 9.12. The van der Waals surface area contributed by atoms with E-state index in [2.05, 4.69) is 15.0 Å². The molecule has 1 aromatic heterocycles. The van der Waals surface area contributed by atoms with E-state index in [1.54, 1.807) is 12.1 Å². The molecule has 1 rings (SSSR count). The zero-order chi connectivity index (χ0) is 12.0. The van der Waals surface area contributed by atoms with Crippen molar-refractivity contribution in [2.75, 3.05) is 6.54 Å². The molecule has 6 nitrogen and oxygen atoms in total. The lowest BCUT2D eigenvalue weighted by atomic mass is 10.0. The highest BCUT2D eigenvalue weighted by atomic mass is 35.5. The summed E-state index contributed by atoms with van der Waals surface area (Å²) in [5, 5.41) is 22.8. The van der Waals surface area contributed by atoms with Crippen LogP contribution in [0.4, 0.5) is 0 Å². The van der Waals surface area contributed by atoms with Crippen LogP contribution in [-0.2, 0) is 0 Å². The summed E-state index contributed by atoms with van der Waals surface area (Å²) in [6, 6.07) is 3.20. The molecule has 0 saturated carbocycles. The van der Waals surface area contributed by atoms with Gasteiger partial charge in [-0.2, -0.15) is 0 Å². The number of rotatable bonds is 5. The van der Waals surface area contributed by atoms with Gasteiger partial charge >= 0.3 is 0 Å². The summed E-state index contributed by atoms with van der Waals surface area (Å²) in [5.41, 5.74) is 8.42. The molecule has 16 heavy (non-hydrogen) atoms. The summed E-state index contributed by atoms with van der Waals surface area (Å²) in [6.07, 6.45) is -0.510. The van der Waals surface area contributed by atoms with Gasteiger partial charge in [0.05, 0.1) is 6.10 Å². The lowest BCUT2D eigenvalue weighted by Crippen LogP contribution is -2.19. The molecular weight excluding hydrogens is 232 g/mol. The van der Waals surface area contributed by atoms with Gasteiger partial charge in [-0.25, -0.2) is 4.98 Å². The number of pyridine rings is 1. The Morgan fingerprint density at radius 3 is 2.94 bits per heavy atom. The molecule has 0 radical (unpaired) electrons. The van der Waals surface area contributed by atoms with Gasteiger partial charge in [-0.15, -0.1) is 0 Å². The third kappa shape index (κ3) is 3.36. The van der Waals surface area contributed by atoms with Gasteiger partial charge in [0, 0.05) is 23.2 Å². The van der Waals surface area contributed by atoms with Crippen molar-refractivity contribution >= 4 is 11.6 Å². The number of nitrogens with zero attached hydrogens (tertiary/aromatic N) is 4. The molecule has 0 spiro atoms. The van der Waals surface area contributed by atoms with Crippen LogP contribution >= 0.6 is 11.6 Å². The summed E-state index contributed by atoms with van der Waals surface area (Å²) < 4.78 is 0. The number of aliphatic hydroxyl groups is 2. The topological polar surface area (TPSA) is 102 Å². The average molecular weight is 243 g/mol. The van der Waals surface area contributed by atoms with Crippen LogP contribution in [0.1, 0.15) is 18.1 Å². The van der Waals surface area contributed by atoms with Crippen molar-refractivity contribution in [2.24, 2.45) is 5.11 Å². The van der Waals surface area contributed by atoms with Crippen molar-refractivity contribution in [2.45, 2.75) is 18.6 Å². The van der Waals surface area contributed by atoms with Crippen molar-refractivity contribution in [3.05, 3.63) is 39.5 Å². The fraction of sp³-hybridized carbons (Fsp3) is 0.444. The molecule has 0 aliphatic rings. The van der Waals surface area contributed by atoms with Gasteiger partial charge in [-0.1, -0.05) is 22.8 Å². The van der Waals surface area contributed by atoms with Crippen LogP contribution in [0.2, 0.25) is 5.15 Å². The van der Waals surface area contributed by atoms with Gasteiger partial charge in [0.1, 0.15) is 11.3 Å². The zero-order valence-electron chi connectivity index (χ0n) is 8.36. The summed E-state index contributed by atoms with van der Waals surface area (Å²) in [6.45, 7) is 0.118. The number of hydrogen-bond donors (Lipinski definition) is 2. The molecule has 0 aromatic carbocycles. The maximum absolute atomic E-state index is 9.76. The molecule has 0 aliphatic heterocycles. The first kappa shape index (κ1) is 12.7. The molecule has 1 heterocycles. The minimum atomic E-state index is -1.13. The Morgan fingerprint density at radius 1 is 1.56 bits per heavy atom. The Bertz CT molecular complexity index is 395. The first-order valence-corrected chi connectivity index (χ1v) is 5.02. The molecule has 1 aromatic rings. The quantitative estimate of drug-likeness (QED) is 0.356. The van der Waals surface area contributed by atoms with Gasteiger partial charge < -0.3 is 10.2 Å². The molecule has 7 heteroatoms. The van der Waals surface area contributed by atoms with Crippen molar-refractivity contribution in [3.8, 4) is 0 Å². The highest BCUT2D eigenvalue weighted by Gasteiger charge is 2.20. The molecule has 0 amide bonds. The van der Waals surface area contributed by atoms with Crippen molar-refractivity contribution in [1.82, 2.24) is 4.98 Å². The number of aliphatic hydroxyl groups excluding tert-OH is 2. The number of azide groups is 1. The first-order chi connectivity index (χ1) is 7.66. The van der Waals surface area contributed by atoms with E-state index >= 15 is 0 Å². The van der Waals surface area contributed by atoms with Crippen LogP contribution in [-0.4, -0.2) is 27.8 Å². The second-order valence-electron chi connectivity index (χ2n) is 3.14. The largest absolute Gasteiger partial charge is 0.390 e. The minimum absolute atomic E-state index is 0.118. The highest BCUT2D eigenvalue weighted by Crippen LogP contribution is 2.24. The fourth-order valence-electron chi connectivity index (χ4n) is 1.22. The van der Waals surface area contributed by atoms with Crippen LogP contribution in [0.15, 0.2) is 23.4 Å². The first-order valence-electron chi connectivity index (χ1n) is 4.64. The summed E-state index contributed by atoms with van der Waals surface area (Å²) in [4.78, 5) is 6.34. The maximum Gasteiger partial charge on any atom is 0.134 e. The minimum Gasteiger partial charge on any atom is -0.390 e. The van der Waals surface area contributed by atoms with E-state index in [9.17, 15) is 10.2 Å². The van der Waals surface area contributed by atoms with Crippen molar-refractivity contribution in [1.29, 1.82) is 0 Å². The van der Waals surface area contributed by atoms with Crippen LogP contribution in [0.25, 0.3) is 10.4 Å². The summed E-state index contributed by atoms with van der Waals surface area (Å²) >= 11 is 5.76. The van der Waals surface area contributed by atoms with Gasteiger partial charge in [-0.3, -0.25) is 0 Å². The molecule has 0 bridgehead atoms. The van der Waals surface area contributed by atoms with E-state index in [0.29, 0.717) is 5.56 Å². The number of aromatic nitrogens is 1. The molecule has 2 N–H and O–H groups in total. The van der Waals surface area contributed by atoms with Crippen LogP contribution in [0.5, 0.6) is 0 Å². The Labute approximate surface area is 97.1 Å². The smallest absolute Gasteiger partial charge is 0.134 e. The molecule has 86 valence electrons. The van der Waals surface area contributed by atoms with E-state index in [4.69, 9.17) is 17.1 Å². The van der Waals surface area contributed by atoms with E-state index in [-0.39, 0.29) is 18.1 Å². The van der Waals surface area contributed by atoms with Gasteiger partial charge in [-0.05, 0) is 18.0 Å². The molecular formula is C9H11ClN4O2. The molecule has 0 aliphatic carbocycles. The van der Waals surface area contributed by atoms with Crippen LogP contribution < -0.4 is 0 Å². The molecule has 2 unspecified atom stereocenters. The van der Waals surface area contributed by atoms with Crippen LogP contribution in [0, 0.1) is 0 Å². The summed E-state index contributed by atoms with van der Waals surface area (Å²) in [7, 11) is 0. The second kappa shape index (κ2) is 6.30. The highest BCUT2D eigenvalue weighted by molar-refractivity contribution is 6.30. The normalized spacial score (nSPS) is 13.9. The molecule has 0 fully saturated rings. The average Bonchev–Trinajstić information content (AvgIpc) is 2.29. The van der Waals surface area contributed by atoms with Crippen molar-refractivity contribution in [3.63, 3.8) is 0 Å². The van der Waals surface area contributed by atoms with Gasteiger partial charge in [0.25, 0.3) is 0 Å². The monoisotopic (exact) mass is 242 g/mol. The third-order valence-electron chi connectivity index (χ3n) is 2.06. The maximum atomic E-state index is 9.76. The van der Waals surface area contributed by atoms with Gasteiger partial charge in [0.2, 0.25) is 0 Å². The Morgan fingerprint density at radius 2 is 2.31 bits per heavy atom. The van der Waals surface area contributed by atoms with E-state index < -0.39 is 12.2 Å². The molecule has 0 saturated heterocycles. The third-order valence-corrected chi connectivity index (χ3v) is 2.37. The Balaban J connectivity index is 2.66. The lowest BCUT2D eigenvalue weighted by molar-refractivity contribution is 0.0149. The lowest BCUT2D eigenvalue weighted by Gasteiger charge is -2.17. The number of hydrogen-bond acceptors (Lipinski definition) is 4. The molecule has 2 atom stereocenters. The van der Waals surface area contributed by atoms with E-state index in [1.807, 2.05) is 0 Å². The van der Waals surface area contributed by atoms with Gasteiger partial charge in [0.15, 0.2) is 0 Å². The Hall–Kier alpha value is -1.33. The fourth-order valence-corrected chi connectivity index (χ4v) is 1.45. The standard InChI is InChI=1S/C9H11ClN4O2/c10-9-6(2-1-4-12-9)8(16)7(15)3-5-13-14-11/h1-2,4,7-8,15-16H,3,5H2. The summed E-state index contributed by atoms with van der Waals surface area (Å²) in [5.74, 6) is 0. The second-order valence-corrected chi connectivity index (χ2v) is 3.50. The van der Waals surface area contributed by atoms with E-state index in [1.165, 1.54) is 6.20 Å².